The molecule has 0 spiro atoms. The molecule has 0 amide bonds. The van der Waals surface area contributed by atoms with Gasteiger partial charge in [0.15, 0.2) is 6.10 Å². The van der Waals surface area contributed by atoms with E-state index in [1.165, 1.54) is 0 Å². The van der Waals surface area contributed by atoms with Crippen molar-refractivity contribution < 1.29 is 87.1 Å². The van der Waals surface area contributed by atoms with Crippen LogP contribution in [0.15, 0.2) is 97.2 Å². The average Bonchev–Trinajstić information content (AvgIpc) is 3.27. The van der Waals surface area contributed by atoms with Crippen molar-refractivity contribution in [2.24, 2.45) is 0 Å². The molecule has 5 unspecified atom stereocenters. The first-order valence-corrected chi connectivity index (χ1v) is 26.0. The molecular weight excluding hydrogens is 914 g/mol. The number of carbonyl (C=O) groups excluding carboxylic acids is 2. The zero-order chi connectivity index (χ0) is 49.9. The Hall–Kier alpha value is -3.16. The van der Waals surface area contributed by atoms with E-state index in [1.54, 1.807) is 42.5 Å². The summed E-state index contributed by atoms with van der Waals surface area (Å²) in [6, 6.07) is 0. The van der Waals surface area contributed by atoms with Gasteiger partial charge < -0.3 is 54.8 Å². The Balaban J connectivity index is 2.71. The Morgan fingerprint density at radius 2 is 1.18 bits per heavy atom. The molecule has 0 heterocycles. The normalized spacial score (nSPS) is 23.2. The second-order valence-corrected chi connectivity index (χ2v) is 18.4. The smallest absolute Gasteiger partial charge is 0.462 e. The predicted molar refractivity (Wildman–Crippen MR) is 253 cm³/mol. The number of hydrogen-bond donors (Lipinski definition) is 9. The molecule has 1 fully saturated rings. The van der Waals surface area contributed by atoms with E-state index in [9.17, 15) is 54.3 Å². The van der Waals surface area contributed by atoms with Gasteiger partial charge >= 0.3 is 27.6 Å². The molecule has 18 nitrogen and oxygen atoms in total. The molecule has 382 valence electrons. The van der Waals surface area contributed by atoms with Crippen LogP contribution in [0.25, 0.3) is 0 Å². The minimum atomic E-state index is -5.39. The lowest BCUT2D eigenvalue weighted by atomic mass is 9.85. The van der Waals surface area contributed by atoms with Crippen molar-refractivity contribution in [3.05, 3.63) is 97.2 Å². The lowest BCUT2D eigenvalue weighted by Gasteiger charge is -2.43. The van der Waals surface area contributed by atoms with Gasteiger partial charge in [0.2, 0.25) is 0 Å². The van der Waals surface area contributed by atoms with Crippen molar-refractivity contribution in [3.63, 3.8) is 0 Å². The zero-order valence-corrected chi connectivity index (χ0v) is 40.5. The highest BCUT2D eigenvalue weighted by molar-refractivity contribution is 7.47. The summed E-state index contributed by atoms with van der Waals surface area (Å²) in [6.07, 6.45) is 24.4. The van der Waals surface area contributed by atoms with Gasteiger partial charge in [-0.1, -0.05) is 137 Å². The summed E-state index contributed by atoms with van der Waals surface area (Å²) >= 11 is 0. The van der Waals surface area contributed by atoms with Crippen molar-refractivity contribution in [2.75, 3.05) is 13.2 Å². The van der Waals surface area contributed by atoms with Crippen LogP contribution in [0.2, 0.25) is 0 Å². The first-order valence-electron chi connectivity index (χ1n) is 23.0. The number of esters is 2. The van der Waals surface area contributed by atoms with E-state index in [4.69, 9.17) is 28.3 Å². The van der Waals surface area contributed by atoms with Crippen LogP contribution in [0.3, 0.4) is 0 Å². The molecule has 0 aromatic carbocycles. The third-order valence-electron chi connectivity index (χ3n) is 9.80. The molecule has 0 aromatic heterocycles. The van der Waals surface area contributed by atoms with Gasteiger partial charge in [0.25, 0.3) is 0 Å². The number of ether oxygens (including phenoxy) is 2. The van der Waals surface area contributed by atoms with Crippen LogP contribution in [-0.2, 0) is 41.8 Å². The first kappa shape index (κ1) is 61.9. The quantitative estimate of drug-likeness (QED) is 0.0109. The van der Waals surface area contributed by atoms with Crippen LogP contribution in [0.4, 0.5) is 0 Å². The van der Waals surface area contributed by atoms with Crippen LogP contribution in [-0.4, -0.2) is 125 Å². The van der Waals surface area contributed by atoms with Gasteiger partial charge in [-0.2, -0.15) is 0 Å². The average molecular weight is 991 g/mol. The van der Waals surface area contributed by atoms with Crippen LogP contribution in [0.1, 0.15) is 117 Å². The predicted octanol–water partition coefficient (Wildman–Crippen LogP) is 6.33. The number of aliphatic hydroxyl groups excluding tert-OH is 6. The van der Waals surface area contributed by atoms with E-state index < -0.39 is 95.7 Å². The van der Waals surface area contributed by atoms with Gasteiger partial charge in [-0.05, 0) is 64.2 Å². The molecule has 1 aliphatic rings. The maximum atomic E-state index is 13.0. The van der Waals surface area contributed by atoms with Gasteiger partial charge in [-0.3, -0.25) is 23.2 Å². The first-order chi connectivity index (χ1) is 31.9. The van der Waals surface area contributed by atoms with Crippen LogP contribution in [0.5, 0.6) is 0 Å². The molecule has 1 saturated carbocycles. The summed E-state index contributed by atoms with van der Waals surface area (Å²) in [5.41, 5.74) is 0. The monoisotopic (exact) mass is 990 g/mol. The van der Waals surface area contributed by atoms with Crippen molar-refractivity contribution in [2.45, 2.75) is 172 Å². The number of phosphoric ester groups is 2. The molecule has 0 aromatic rings. The number of carbonyl (C=O) groups is 2. The molecule has 0 saturated heterocycles. The third-order valence-corrected chi connectivity index (χ3v) is 11.3. The minimum Gasteiger partial charge on any atom is -0.462 e. The van der Waals surface area contributed by atoms with E-state index in [0.717, 1.165) is 57.8 Å². The molecule has 67 heavy (non-hydrogen) atoms. The van der Waals surface area contributed by atoms with E-state index in [-0.39, 0.29) is 12.8 Å². The molecule has 0 bridgehead atoms. The van der Waals surface area contributed by atoms with E-state index in [2.05, 4.69) is 35.8 Å². The van der Waals surface area contributed by atoms with Crippen LogP contribution in [0, 0.1) is 0 Å². The summed E-state index contributed by atoms with van der Waals surface area (Å²) in [5, 5.41) is 61.2. The standard InChI is InChI=1S/C47H76O18P2/c1-3-5-7-8-9-10-11-12-13-14-18-21-27-34-41(51)63-39(36-62-67(59,60)65-47-44(54)42(52)43(53)46(45(47)55)64-66(56,57)58)35-61-40(50)33-28-22-26-32-38(49)31-25-20-17-15-16-19-24-30-37(48)29-23-6-4-2/h6-8,10-11,16-17,19-20,23-26,30-32,37-39,42-49,52-55H,3-5,9,12-15,18,21-22,27-29,33-36H2,1-2H3,(H,59,60)(H2,56,57,58)/b8-7-,11-10-,19-16-,20-17-,23-6-,30-24+,31-25+,32-26-/t37-,38-,39-,42?,43?,44?,45?,46-,47+/m1/s1. The number of unbranched alkanes of at least 4 members (excludes halogenated alkanes) is 7. The van der Waals surface area contributed by atoms with Crippen molar-refractivity contribution >= 4 is 27.6 Å². The fourth-order valence-corrected chi connectivity index (χ4v) is 7.75. The SMILES string of the molecule is CC/C=C\C[C@@H](O)/C=C/C=C\C/C=C\C=C\[C@@H](O)/C=C\CCCC(=O)OC[C@H](COP(=O)(O)O[C@H]1C(O)C(O)C(O)[C@@H](OP(=O)(O)O)C1O)OC(=O)CCCCCCC/C=C\C/C=C\CCC. The van der Waals surface area contributed by atoms with Crippen LogP contribution < -0.4 is 0 Å². The Morgan fingerprint density at radius 1 is 0.582 bits per heavy atom. The molecule has 1 rings (SSSR count). The Morgan fingerprint density at radius 3 is 1.85 bits per heavy atom. The highest BCUT2D eigenvalue weighted by Crippen LogP contribution is 2.49. The van der Waals surface area contributed by atoms with Crippen LogP contribution >= 0.6 is 15.6 Å². The lowest BCUT2D eigenvalue weighted by Crippen LogP contribution is -2.64. The van der Waals surface area contributed by atoms with Gasteiger partial charge in [0.05, 0.1) is 18.8 Å². The summed E-state index contributed by atoms with van der Waals surface area (Å²) in [7, 11) is -10.8. The van der Waals surface area contributed by atoms with E-state index in [1.807, 2.05) is 37.3 Å². The fraction of sp³-hybridized carbons (Fsp3) is 0.617. The van der Waals surface area contributed by atoms with Crippen molar-refractivity contribution in [3.8, 4) is 0 Å². The fourth-order valence-electron chi connectivity index (χ4n) is 6.21. The lowest BCUT2D eigenvalue weighted by molar-refractivity contribution is -0.216. The summed E-state index contributed by atoms with van der Waals surface area (Å²) < 4.78 is 49.1. The van der Waals surface area contributed by atoms with Crippen molar-refractivity contribution in [1.29, 1.82) is 0 Å². The van der Waals surface area contributed by atoms with E-state index in [0.29, 0.717) is 32.1 Å². The Labute approximate surface area is 395 Å². The number of hydrogen-bond acceptors (Lipinski definition) is 15. The molecule has 1 aliphatic carbocycles. The number of rotatable bonds is 36. The Bertz CT molecular complexity index is 1700. The topological polar surface area (TPSA) is 296 Å². The van der Waals surface area contributed by atoms with Gasteiger partial charge in [-0.25, -0.2) is 9.13 Å². The van der Waals surface area contributed by atoms with Gasteiger partial charge in [0.1, 0.15) is 43.2 Å². The second kappa shape index (κ2) is 36.8. The summed E-state index contributed by atoms with van der Waals surface area (Å²) in [5.74, 6) is -1.42. The van der Waals surface area contributed by atoms with Crippen molar-refractivity contribution in [1.82, 2.24) is 0 Å². The highest BCUT2D eigenvalue weighted by atomic mass is 31.2. The zero-order valence-electron chi connectivity index (χ0n) is 38.8. The maximum absolute atomic E-state index is 13.0. The highest BCUT2D eigenvalue weighted by Gasteiger charge is 2.54. The number of aliphatic hydroxyl groups is 6. The second-order valence-electron chi connectivity index (χ2n) is 15.8. The number of allylic oxidation sites excluding steroid dienone is 12. The largest absolute Gasteiger partial charge is 0.472 e. The Kier molecular flexibility index (Phi) is 33.9. The molecule has 9 N–H and O–H groups in total. The third kappa shape index (κ3) is 31.6. The molecule has 0 radical (unpaired) electrons. The molecule has 10 atom stereocenters. The molecular formula is C47H76O18P2. The molecule has 20 heteroatoms. The van der Waals surface area contributed by atoms with Gasteiger partial charge in [0, 0.05) is 12.8 Å². The maximum Gasteiger partial charge on any atom is 0.472 e. The minimum absolute atomic E-state index is 0.0214. The summed E-state index contributed by atoms with van der Waals surface area (Å²) in [4.78, 5) is 54.2. The summed E-state index contributed by atoms with van der Waals surface area (Å²) in [6.45, 7) is 2.65. The van der Waals surface area contributed by atoms with E-state index >= 15 is 0 Å². The van der Waals surface area contributed by atoms with Gasteiger partial charge in [-0.15, -0.1) is 0 Å². The molecule has 0 aliphatic heterocycles. The number of phosphoric acid groups is 2.